The van der Waals surface area contributed by atoms with Crippen molar-refractivity contribution in [1.29, 1.82) is 0 Å². The van der Waals surface area contributed by atoms with Crippen LogP contribution < -0.4 is 5.32 Å². The van der Waals surface area contributed by atoms with E-state index >= 15 is 0 Å². The highest BCUT2D eigenvalue weighted by molar-refractivity contribution is 6.30. The fraction of sp³-hybridized carbons (Fsp3) is 0.0714. The number of hydrogen-bond donors (Lipinski definition) is 2. The summed E-state index contributed by atoms with van der Waals surface area (Å²) < 4.78 is 40.2. The van der Waals surface area contributed by atoms with Crippen molar-refractivity contribution in [3.8, 4) is 0 Å². The van der Waals surface area contributed by atoms with Crippen molar-refractivity contribution in [3.05, 3.63) is 63.9 Å². The molecule has 2 N–H and O–H groups in total. The van der Waals surface area contributed by atoms with E-state index in [0.29, 0.717) is 5.56 Å². The molecule has 0 atom stereocenters. The molecule has 21 heavy (non-hydrogen) atoms. The number of nitrogens with one attached hydrogen (secondary N) is 1. The van der Waals surface area contributed by atoms with E-state index in [-0.39, 0.29) is 17.3 Å². The monoisotopic (exact) mass is 315 g/mol. The predicted octanol–water partition coefficient (Wildman–Crippen LogP) is 4.07. The van der Waals surface area contributed by atoms with Gasteiger partial charge in [0.1, 0.15) is 5.82 Å². The normalized spacial score (nSPS) is 10.5. The number of hydrogen-bond acceptors (Lipinski definition) is 2. The SMILES string of the molecule is O=C(O)c1ccc(NCc2ccc(F)c(Cl)c2)c(F)c1F. The second-order valence-electron chi connectivity index (χ2n) is 4.20. The lowest BCUT2D eigenvalue weighted by Crippen LogP contribution is -2.07. The quantitative estimate of drug-likeness (QED) is 0.894. The maximum absolute atomic E-state index is 13.7. The van der Waals surface area contributed by atoms with Gasteiger partial charge in [-0.1, -0.05) is 17.7 Å². The van der Waals surface area contributed by atoms with E-state index in [9.17, 15) is 18.0 Å². The standard InChI is InChI=1S/C14H9ClF3NO2/c15-9-5-7(1-3-10(9)16)6-19-11-4-2-8(14(20)21)12(17)13(11)18/h1-5,19H,6H2,(H,20,21). The molecule has 0 unspecified atom stereocenters. The summed E-state index contributed by atoms with van der Waals surface area (Å²) in [5.41, 5.74) is -0.385. The Morgan fingerprint density at radius 1 is 1.14 bits per heavy atom. The van der Waals surface area contributed by atoms with Crippen LogP contribution in [0.2, 0.25) is 5.02 Å². The van der Waals surface area contributed by atoms with Gasteiger partial charge in [-0.2, -0.15) is 0 Å². The van der Waals surface area contributed by atoms with Gasteiger partial charge in [-0.3, -0.25) is 0 Å². The number of anilines is 1. The molecule has 0 aromatic heterocycles. The zero-order chi connectivity index (χ0) is 15.6. The summed E-state index contributed by atoms with van der Waals surface area (Å²) in [6.45, 7) is 0.0722. The first kappa shape index (κ1) is 15.2. The Bertz CT molecular complexity index is 707. The molecule has 110 valence electrons. The Morgan fingerprint density at radius 3 is 2.48 bits per heavy atom. The Balaban J connectivity index is 2.18. The lowest BCUT2D eigenvalue weighted by atomic mass is 10.1. The molecule has 0 saturated heterocycles. The van der Waals surface area contributed by atoms with Crippen LogP contribution in [0.25, 0.3) is 0 Å². The van der Waals surface area contributed by atoms with Crippen molar-refractivity contribution in [2.24, 2.45) is 0 Å². The molecule has 0 amide bonds. The molecule has 0 spiro atoms. The van der Waals surface area contributed by atoms with E-state index in [1.807, 2.05) is 0 Å². The number of carboxylic acids is 1. The van der Waals surface area contributed by atoms with Gasteiger partial charge in [-0.05, 0) is 29.8 Å². The van der Waals surface area contributed by atoms with Crippen molar-refractivity contribution < 1.29 is 23.1 Å². The Labute approximate surface area is 123 Å². The molecule has 2 rings (SSSR count). The molecule has 3 nitrogen and oxygen atoms in total. The summed E-state index contributed by atoms with van der Waals surface area (Å²) in [6.07, 6.45) is 0. The van der Waals surface area contributed by atoms with E-state index in [0.717, 1.165) is 18.2 Å². The Kier molecular flexibility index (Phi) is 4.37. The van der Waals surface area contributed by atoms with Crippen LogP contribution in [0.5, 0.6) is 0 Å². The number of carbonyl (C=O) groups is 1. The highest BCUT2D eigenvalue weighted by Gasteiger charge is 2.17. The number of rotatable bonds is 4. The molecule has 0 aliphatic carbocycles. The summed E-state index contributed by atoms with van der Waals surface area (Å²) in [6, 6.07) is 6.02. The zero-order valence-corrected chi connectivity index (χ0v) is 11.2. The summed E-state index contributed by atoms with van der Waals surface area (Å²) in [5.74, 6) is -4.86. The lowest BCUT2D eigenvalue weighted by molar-refractivity contribution is 0.0690. The average Bonchev–Trinajstić information content (AvgIpc) is 2.43. The van der Waals surface area contributed by atoms with Crippen LogP contribution >= 0.6 is 11.6 Å². The predicted molar refractivity (Wildman–Crippen MR) is 72.1 cm³/mol. The van der Waals surface area contributed by atoms with Crippen molar-refractivity contribution in [2.75, 3.05) is 5.32 Å². The van der Waals surface area contributed by atoms with E-state index in [2.05, 4.69) is 5.32 Å². The van der Waals surface area contributed by atoms with Crippen molar-refractivity contribution in [1.82, 2.24) is 0 Å². The molecular weight excluding hydrogens is 307 g/mol. The third kappa shape index (κ3) is 3.28. The van der Waals surface area contributed by atoms with E-state index in [1.165, 1.54) is 12.1 Å². The minimum atomic E-state index is -1.55. The van der Waals surface area contributed by atoms with Gasteiger partial charge < -0.3 is 10.4 Å². The number of benzene rings is 2. The Morgan fingerprint density at radius 2 is 1.86 bits per heavy atom. The zero-order valence-electron chi connectivity index (χ0n) is 10.5. The Hall–Kier alpha value is -2.21. The van der Waals surface area contributed by atoms with Crippen LogP contribution in [-0.4, -0.2) is 11.1 Å². The molecule has 7 heteroatoms. The molecule has 2 aromatic carbocycles. The molecule has 2 aromatic rings. The molecule has 0 aliphatic rings. The van der Waals surface area contributed by atoms with Crippen molar-refractivity contribution in [3.63, 3.8) is 0 Å². The first-order chi connectivity index (χ1) is 9.90. The first-order valence-electron chi connectivity index (χ1n) is 5.79. The maximum atomic E-state index is 13.7. The van der Waals surface area contributed by atoms with Crippen LogP contribution in [0.4, 0.5) is 18.9 Å². The fourth-order valence-corrected chi connectivity index (χ4v) is 1.90. The third-order valence-electron chi connectivity index (χ3n) is 2.78. The summed E-state index contributed by atoms with van der Waals surface area (Å²) in [7, 11) is 0. The molecule has 0 aliphatic heterocycles. The maximum Gasteiger partial charge on any atom is 0.338 e. The molecule has 0 fully saturated rings. The van der Waals surface area contributed by atoms with Crippen molar-refractivity contribution in [2.45, 2.75) is 6.54 Å². The number of halogens is 4. The number of aromatic carboxylic acids is 1. The van der Waals surface area contributed by atoms with Gasteiger partial charge in [0.05, 0.1) is 16.3 Å². The summed E-state index contributed by atoms with van der Waals surface area (Å²) in [4.78, 5) is 10.7. The van der Waals surface area contributed by atoms with Crippen LogP contribution in [-0.2, 0) is 6.54 Å². The van der Waals surface area contributed by atoms with Crippen molar-refractivity contribution >= 4 is 23.3 Å². The molecule has 0 saturated carbocycles. The van der Waals surface area contributed by atoms with Crippen LogP contribution in [0.3, 0.4) is 0 Å². The van der Waals surface area contributed by atoms with Gasteiger partial charge in [-0.15, -0.1) is 0 Å². The van der Waals surface area contributed by atoms with Gasteiger partial charge in [-0.25, -0.2) is 18.0 Å². The van der Waals surface area contributed by atoms with E-state index in [1.54, 1.807) is 0 Å². The van der Waals surface area contributed by atoms with Crippen LogP contribution in [0.1, 0.15) is 15.9 Å². The minimum absolute atomic E-state index is 0.0722. The van der Waals surface area contributed by atoms with E-state index < -0.39 is 29.0 Å². The van der Waals surface area contributed by atoms with Crippen LogP contribution in [0, 0.1) is 17.5 Å². The fourth-order valence-electron chi connectivity index (χ4n) is 1.70. The second-order valence-corrected chi connectivity index (χ2v) is 4.60. The van der Waals surface area contributed by atoms with Gasteiger partial charge in [0.15, 0.2) is 11.6 Å². The van der Waals surface area contributed by atoms with E-state index in [4.69, 9.17) is 16.7 Å². The molecule has 0 radical (unpaired) electrons. The highest BCUT2D eigenvalue weighted by Crippen LogP contribution is 2.22. The summed E-state index contributed by atoms with van der Waals surface area (Å²) >= 11 is 5.61. The smallest absolute Gasteiger partial charge is 0.338 e. The average molecular weight is 316 g/mol. The first-order valence-corrected chi connectivity index (χ1v) is 6.17. The van der Waals surface area contributed by atoms with Crippen LogP contribution in [0.15, 0.2) is 30.3 Å². The molecular formula is C14H9ClF3NO2. The largest absolute Gasteiger partial charge is 0.478 e. The minimum Gasteiger partial charge on any atom is -0.478 e. The number of carboxylic acid groups (broad SMARTS) is 1. The molecule has 0 bridgehead atoms. The van der Waals surface area contributed by atoms with Gasteiger partial charge >= 0.3 is 5.97 Å². The van der Waals surface area contributed by atoms with Gasteiger partial charge in [0, 0.05) is 6.54 Å². The summed E-state index contributed by atoms with van der Waals surface area (Å²) in [5, 5.41) is 11.2. The third-order valence-corrected chi connectivity index (χ3v) is 3.07. The van der Waals surface area contributed by atoms with Gasteiger partial charge in [0.25, 0.3) is 0 Å². The highest BCUT2D eigenvalue weighted by atomic mass is 35.5. The topological polar surface area (TPSA) is 49.3 Å². The second kappa shape index (κ2) is 6.05. The van der Waals surface area contributed by atoms with Gasteiger partial charge in [0.2, 0.25) is 0 Å². The lowest BCUT2D eigenvalue weighted by Gasteiger charge is -2.10. The molecule has 0 heterocycles.